The molecule has 1 aliphatic heterocycles. The van der Waals surface area contributed by atoms with Crippen LogP contribution in [0.15, 0.2) is 36.5 Å². The lowest BCUT2D eigenvalue weighted by Crippen LogP contribution is -2.15. The van der Waals surface area contributed by atoms with Crippen molar-refractivity contribution >= 4 is 22.6 Å². The van der Waals surface area contributed by atoms with Gasteiger partial charge in [0.15, 0.2) is 0 Å². The molecule has 5 heteroatoms. The summed E-state index contributed by atoms with van der Waals surface area (Å²) in [4.78, 5) is 17.1. The fourth-order valence-electron chi connectivity index (χ4n) is 3.32. The van der Waals surface area contributed by atoms with Crippen LogP contribution in [-0.2, 0) is 20.0 Å². The van der Waals surface area contributed by atoms with Crippen molar-refractivity contribution < 1.29 is 4.79 Å². The number of anilines is 1. The Morgan fingerprint density at radius 1 is 1.22 bits per heavy atom. The van der Waals surface area contributed by atoms with Gasteiger partial charge in [0.1, 0.15) is 11.5 Å². The SMILES string of the molecule is Cn1cccc1C(=O)Nc1ccc2c(c1)nc1n2CCCCC1. The first kappa shape index (κ1) is 14.1. The summed E-state index contributed by atoms with van der Waals surface area (Å²) in [6, 6.07) is 9.68. The number of fused-ring (bicyclic) bond motifs is 3. The Labute approximate surface area is 134 Å². The molecule has 2 aromatic heterocycles. The molecular weight excluding hydrogens is 288 g/mol. The monoisotopic (exact) mass is 308 g/mol. The lowest BCUT2D eigenvalue weighted by molar-refractivity contribution is 0.101. The minimum absolute atomic E-state index is 0.0994. The molecule has 3 heterocycles. The van der Waals surface area contributed by atoms with Crippen molar-refractivity contribution in [1.29, 1.82) is 0 Å². The molecule has 1 aliphatic rings. The Kier molecular flexibility index (Phi) is 3.41. The highest BCUT2D eigenvalue weighted by atomic mass is 16.1. The van der Waals surface area contributed by atoms with Crippen molar-refractivity contribution in [2.45, 2.75) is 32.2 Å². The second-order valence-corrected chi connectivity index (χ2v) is 6.15. The first-order chi connectivity index (χ1) is 11.2. The lowest BCUT2D eigenvalue weighted by atomic mass is 10.2. The van der Waals surface area contributed by atoms with Crippen LogP contribution in [0, 0.1) is 0 Å². The largest absolute Gasteiger partial charge is 0.347 e. The molecule has 0 bridgehead atoms. The molecule has 0 fully saturated rings. The molecule has 4 rings (SSSR count). The third-order valence-corrected chi connectivity index (χ3v) is 4.54. The van der Waals surface area contributed by atoms with E-state index in [2.05, 4.69) is 16.0 Å². The summed E-state index contributed by atoms with van der Waals surface area (Å²) in [5, 5.41) is 2.96. The van der Waals surface area contributed by atoms with Gasteiger partial charge in [0.25, 0.3) is 5.91 Å². The van der Waals surface area contributed by atoms with E-state index in [9.17, 15) is 4.79 Å². The lowest BCUT2D eigenvalue weighted by Gasteiger charge is -2.07. The summed E-state index contributed by atoms with van der Waals surface area (Å²) >= 11 is 0. The van der Waals surface area contributed by atoms with Gasteiger partial charge in [-0.2, -0.15) is 0 Å². The number of aryl methyl sites for hydroxylation is 3. The number of rotatable bonds is 2. The minimum atomic E-state index is -0.0994. The fourth-order valence-corrected chi connectivity index (χ4v) is 3.32. The number of hydrogen-bond acceptors (Lipinski definition) is 2. The maximum absolute atomic E-state index is 12.3. The van der Waals surface area contributed by atoms with Gasteiger partial charge in [-0.3, -0.25) is 4.79 Å². The van der Waals surface area contributed by atoms with Crippen LogP contribution < -0.4 is 5.32 Å². The van der Waals surface area contributed by atoms with Crippen molar-refractivity contribution in [3.63, 3.8) is 0 Å². The summed E-state index contributed by atoms with van der Waals surface area (Å²) in [5.74, 6) is 1.07. The topological polar surface area (TPSA) is 51.9 Å². The molecule has 0 unspecified atom stereocenters. The van der Waals surface area contributed by atoms with Crippen LogP contribution in [0.2, 0.25) is 0 Å². The summed E-state index contributed by atoms with van der Waals surface area (Å²) in [6.45, 7) is 1.04. The molecule has 5 nitrogen and oxygen atoms in total. The van der Waals surface area contributed by atoms with Crippen LogP contribution >= 0.6 is 0 Å². The Balaban J connectivity index is 1.64. The number of aromatic nitrogens is 3. The predicted octanol–water partition coefficient (Wildman–Crippen LogP) is 3.35. The van der Waals surface area contributed by atoms with Gasteiger partial charge in [-0.1, -0.05) is 6.42 Å². The molecular formula is C18H20N4O. The van der Waals surface area contributed by atoms with Crippen LogP contribution in [0.5, 0.6) is 0 Å². The molecule has 0 radical (unpaired) electrons. The number of amides is 1. The van der Waals surface area contributed by atoms with Gasteiger partial charge in [0.05, 0.1) is 11.0 Å². The number of nitrogens with zero attached hydrogens (tertiary/aromatic N) is 3. The van der Waals surface area contributed by atoms with E-state index in [4.69, 9.17) is 4.98 Å². The highest BCUT2D eigenvalue weighted by Gasteiger charge is 2.15. The molecule has 1 N–H and O–H groups in total. The molecule has 1 aromatic carbocycles. The molecule has 23 heavy (non-hydrogen) atoms. The molecule has 0 saturated carbocycles. The quantitative estimate of drug-likeness (QED) is 0.789. The van der Waals surface area contributed by atoms with E-state index in [-0.39, 0.29) is 5.91 Å². The van der Waals surface area contributed by atoms with Crippen molar-refractivity contribution in [2.24, 2.45) is 7.05 Å². The zero-order valence-electron chi connectivity index (χ0n) is 13.2. The first-order valence-electron chi connectivity index (χ1n) is 8.14. The molecule has 0 spiro atoms. The van der Waals surface area contributed by atoms with Crippen LogP contribution in [-0.4, -0.2) is 20.0 Å². The van der Waals surface area contributed by atoms with Gasteiger partial charge in [-0.15, -0.1) is 0 Å². The van der Waals surface area contributed by atoms with E-state index in [0.29, 0.717) is 5.69 Å². The maximum Gasteiger partial charge on any atom is 0.272 e. The van der Waals surface area contributed by atoms with Crippen LogP contribution in [0.1, 0.15) is 35.6 Å². The molecule has 118 valence electrons. The van der Waals surface area contributed by atoms with E-state index >= 15 is 0 Å². The highest BCUT2D eigenvalue weighted by Crippen LogP contribution is 2.24. The maximum atomic E-state index is 12.3. The number of carbonyl (C=O) groups excluding carboxylic acids is 1. The van der Waals surface area contributed by atoms with E-state index < -0.39 is 0 Å². The van der Waals surface area contributed by atoms with Crippen molar-refractivity contribution in [1.82, 2.24) is 14.1 Å². The zero-order valence-corrected chi connectivity index (χ0v) is 13.2. The van der Waals surface area contributed by atoms with Crippen molar-refractivity contribution in [3.8, 4) is 0 Å². The van der Waals surface area contributed by atoms with Gasteiger partial charge >= 0.3 is 0 Å². The zero-order chi connectivity index (χ0) is 15.8. The smallest absolute Gasteiger partial charge is 0.272 e. The number of nitrogens with one attached hydrogen (secondary N) is 1. The summed E-state index contributed by atoms with van der Waals surface area (Å²) in [7, 11) is 1.87. The Morgan fingerprint density at radius 2 is 2.13 bits per heavy atom. The molecule has 0 aliphatic carbocycles. The molecule has 1 amide bonds. The Bertz CT molecular complexity index is 874. The van der Waals surface area contributed by atoms with Crippen LogP contribution in [0.4, 0.5) is 5.69 Å². The van der Waals surface area contributed by atoms with Crippen LogP contribution in [0.3, 0.4) is 0 Å². The summed E-state index contributed by atoms with van der Waals surface area (Å²) < 4.78 is 4.14. The predicted molar refractivity (Wildman–Crippen MR) is 90.7 cm³/mol. The van der Waals surface area contributed by atoms with E-state index in [1.54, 1.807) is 0 Å². The van der Waals surface area contributed by atoms with Gasteiger partial charge < -0.3 is 14.5 Å². The summed E-state index contributed by atoms with van der Waals surface area (Å²) in [6.07, 6.45) is 6.60. The van der Waals surface area contributed by atoms with Crippen molar-refractivity contribution in [2.75, 3.05) is 5.32 Å². The third-order valence-electron chi connectivity index (χ3n) is 4.54. The molecule has 0 atom stereocenters. The van der Waals surface area contributed by atoms with Crippen molar-refractivity contribution in [3.05, 3.63) is 48.0 Å². The number of benzene rings is 1. The average Bonchev–Trinajstić information content (AvgIpc) is 3.03. The molecule has 3 aromatic rings. The third kappa shape index (κ3) is 2.52. The average molecular weight is 308 g/mol. The fraction of sp³-hybridized carbons (Fsp3) is 0.333. The first-order valence-corrected chi connectivity index (χ1v) is 8.14. The van der Waals surface area contributed by atoms with Gasteiger partial charge in [0, 0.05) is 31.9 Å². The standard InChI is InChI=1S/C18H20N4O/c1-21-10-5-6-16(21)18(23)19-13-8-9-15-14(12-13)20-17-7-3-2-4-11-22(15)17/h5-6,8-10,12H,2-4,7,11H2,1H3,(H,19,23). The number of carbonyl (C=O) groups is 1. The highest BCUT2D eigenvalue weighted by molar-refractivity contribution is 6.04. The van der Waals surface area contributed by atoms with Gasteiger partial charge in [-0.05, 0) is 43.2 Å². The normalized spacial score (nSPS) is 14.5. The number of imidazole rings is 1. The van der Waals surface area contributed by atoms with E-state index in [1.807, 2.05) is 42.1 Å². The van der Waals surface area contributed by atoms with E-state index in [1.165, 1.54) is 30.6 Å². The Morgan fingerprint density at radius 3 is 2.96 bits per heavy atom. The van der Waals surface area contributed by atoms with Gasteiger partial charge in [-0.25, -0.2) is 4.98 Å². The second-order valence-electron chi connectivity index (χ2n) is 6.15. The Hall–Kier alpha value is -2.56. The molecule has 0 saturated heterocycles. The van der Waals surface area contributed by atoms with Crippen LogP contribution in [0.25, 0.3) is 11.0 Å². The summed E-state index contributed by atoms with van der Waals surface area (Å²) in [5.41, 5.74) is 3.56. The minimum Gasteiger partial charge on any atom is -0.347 e. The van der Waals surface area contributed by atoms with E-state index in [0.717, 1.165) is 24.2 Å². The van der Waals surface area contributed by atoms with Gasteiger partial charge in [0.2, 0.25) is 0 Å². The number of hydrogen-bond donors (Lipinski definition) is 1. The second kappa shape index (κ2) is 5.57.